The predicted molar refractivity (Wildman–Crippen MR) is 73.9 cm³/mol. The lowest BCUT2D eigenvalue weighted by Crippen LogP contribution is -2.03. The molecule has 1 aromatic carbocycles. The molecule has 0 bridgehead atoms. The van der Waals surface area contributed by atoms with Gasteiger partial charge in [0.1, 0.15) is 17.3 Å². The third-order valence-electron chi connectivity index (χ3n) is 2.70. The number of rotatable bonds is 4. The van der Waals surface area contributed by atoms with Crippen LogP contribution in [0.2, 0.25) is 10.3 Å². The number of aryl methyl sites for hydroxylation is 1. The van der Waals surface area contributed by atoms with E-state index in [1.54, 1.807) is 30.9 Å². The maximum absolute atomic E-state index is 6.15. The molecule has 0 atom stereocenters. The van der Waals surface area contributed by atoms with E-state index in [-0.39, 0.29) is 5.28 Å². The molecule has 0 aliphatic carbocycles. The monoisotopic (exact) mass is 301 g/mol. The fourth-order valence-corrected chi connectivity index (χ4v) is 2.24. The van der Waals surface area contributed by atoms with Crippen molar-refractivity contribution in [1.82, 2.24) is 14.8 Å². The van der Waals surface area contributed by atoms with Crippen molar-refractivity contribution >= 4 is 23.2 Å². The number of nitrogens with zero attached hydrogens (tertiary/aromatic N) is 3. The second kappa shape index (κ2) is 5.67. The molecule has 7 heteroatoms. The van der Waals surface area contributed by atoms with E-state index in [1.165, 1.54) is 0 Å². The zero-order valence-electron chi connectivity index (χ0n) is 10.8. The quantitative estimate of drug-likeness (QED) is 0.870. The first-order valence-corrected chi connectivity index (χ1v) is 6.39. The van der Waals surface area contributed by atoms with Gasteiger partial charge in [0.2, 0.25) is 5.28 Å². The summed E-state index contributed by atoms with van der Waals surface area (Å²) in [4.78, 5) is 0. The lowest BCUT2D eigenvalue weighted by atomic mass is 10.2. The number of hydrogen-bond acceptors (Lipinski definition) is 4. The molecule has 0 N–H and O–H groups in total. The molecule has 19 heavy (non-hydrogen) atoms. The Balaban J connectivity index is 2.67. The minimum absolute atomic E-state index is 0.261. The van der Waals surface area contributed by atoms with Crippen LogP contribution in [0.3, 0.4) is 0 Å². The number of methoxy groups -OCH3 is 2. The summed E-state index contributed by atoms with van der Waals surface area (Å²) in [5.74, 6) is 1.84. The van der Waals surface area contributed by atoms with Crippen LogP contribution >= 0.6 is 23.2 Å². The summed E-state index contributed by atoms with van der Waals surface area (Å²) < 4.78 is 12.2. The van der Waals surface area contributed by atoms with Gasteiger partial charge in [-0.25, -0.2) is 0 Å². The van der Waals surface area contributed by atoms with Crippen molar-refractivity contribution in [2.24, 2.45) is 0 Å². The predicted octanol–water partition coefficient (Wildman–Crippen LogP) is 3.15. The van der Waals surface area contributed by atoms with Crippen molar-refractivity contribution in [2.75, 3.05) is 14.2 Å². The first-order chi connectivity index (χ1) is 9.12. The van der Waals surface area contributed by atoms with Crippen LogP contribution in [0.4, 0.5) is 0 Å². The van der Waals surface area contributed by atoms with Gasteiger partial charge in [-0.15, -0.1) is 10.2 Å². The number of halogens is 2. The third kappa shape index (κ3) is 2.48. The van der Waals surface area contributed by atoms with E-state index in [0.717, 1.165) is 5.82 Å². The Morgan fingerprint density at radius 1 is 1.11 bits per heavy atom. The van der Waals surface area contributed by atoms with Gasteiger partial charge in [-0.3, -0.25) is 4.57 Å². The van der Waals surface area contributed by atoms with Crippen molar-refractivity contribution in [2.45, 2.75) is 13.3 Å². The summed E-state index contributed by atoms with van der Waals surface area (Å²) in [5.41, 5.74) is 0.681. The highest BCUT2D eigenvalue weighted by molar-refractivity contribution is 6.32. The average Bonchev–Trinajstić information content (AvgIpc) is 2.79. The number of benzene rings is 1. The number of hydrogen-bond donors (Lipinski definition) is 0. The molecule has 0 aliphatic heterocycles. The summed E-state index contributed by atoms with van der Waals surface area (Å²) in [6.07, 6.45) is 0.687. The molecule has 0 saturated carbocycles. The Labute approximate surface area is 121 Å². The minimum Gasteiger partial charge on any atom is -0.495 e. The lowest BCUT2D eigenvalue weighted by Gasteiger charge is -2.14. The normalized spacial score (nSPS) is 10.6. The van der Waals surface area contributed by atoms with Crippen LogP contribution in [-0.4, -0.2) is 29.0 Å². The van der Waals surface area contributed by atoms with Gasteiger partial charge >= 0.3 is 0 Å². The SMILES string of the molecule is CCc1nnc(Cl)n1-c1cc(Cl)c(OC)cc1OC. The van der Waals surface area contributed by atoms with E-state index in [0.29, 0.717) is 28.6 Å². The molecule has 5 nitrogen and oxygen atoms in total. The molecule has 0 spiro atoms. The number of ether oxygens (including phenoxy) is 2. The summed E-state index contributed by atoms with van der Waals surface area (Å²) in [7, 11) is 3.11. The first-order valence-electron chi connectivity index (χ1n) is 5.64. The second-order valence-electron chi connectivity index (χ2n) is 3.73. The second-order valence-corrected chi connectivity index (χ2v) is 4.48. The van der Waals surface area contributed by atoms with E-state index in [9.17, 15) is 0 Å². The molecular weight excluding hydrogens is 289 g/mol. The molecule has 0 saturated heterocycles. The smallest absolute Gasteiger partial charge is 0.229 e. The van der Waals surface area contributed by atoms with Crippen molar-refractivity contribution in [3.8, 4) is 17.2 Å². The molecule has 1 heterocycles. The van der Waals surface area contributed by atoms with Crippen LogP contribution in [0.1, 0.15) is 12.7 Å². The Hall–Kier alpha value is -1.46. The summed E-state index contributed by atoms with van der Waals surface area (Å²) in [6, 6.07) is 3.42. The van der Waals surface area contributed by atoms with E-state index >= 15 is 0 Å². The molecule has 0 fully saturated rings. The van der Waals surface area contributed by atoms with Crippen LogP contribution < -0.4 is 9.47 Å². The maximum atomic E-state index is 6.15. The molecule has 0 unspecified atom stereocenters. The van der Waals surface area contributed by atoms with Gasteiger partial charge in [-0.2, -0.15) is 0 Å². The number of aromatic nitrogens is 3. The van der Waals surface area contributed by atoms with E-state index in [2.05, 4.69) is 10.2 Å². The fraction of sp³-hybridized carbons (Fsp3) is 0.333. The standard InChI is InChI=1S/C12H13Cl2N3O2/c1-4-11-15-16-12(14)17(11)8-5-7(13)9(18-2)6-10(8)19-3/h5-6H,4H2,1-3H3. The topological polar surface area (TPSA) is 49.2 Å². The van der Waals surface area contributed by atoms with Gasteiger partial charge in [-0.1, -0.05) is 18.5 Å². The van der Waals surface area contributed by atoms with Crippen molar-refractivity contribution < 1.29 is 9.47 Å². The molecule has 2 aromatic rings. The van der Waals surface area contributed by atoms with Gasteiger partial charge in [0, 0.05) is 12.5 Å². The highest BCUT2D eigenvalue weighted by Crippen LogP contribution is 2.36. The Morgan fingerprint density at radius 3 is 2.37 bits per heavy atom. The van der Waals surface area contributed by atoms with Crippen LogP contribution in [0.15, 0.2) is 12.1 Å². The van der Waals surface area contributed by atoms with E-state index < -0.39 is 0 Å². The van der Waals surface area contributed by atoms with Crippen LogP contribution in [-0.2, 0) is 6.42 Å². The lowest BCUT2D eigenvalue weighted by molar-refractivity contribution is 0.393. The van der Waals surface area contributed by atoms with Gasteiger partial charge in [0.15, 0.2) is 0 Å². The highest BCUT2D eigenvalue weighted by Gasteiger charge is 2.17. The van der Waals surface area contributed by atoms with Gasteiger partial charge in [0.05, 0.1) is 24.9 Å². The largest absolute Gasteiger partial charge is 0.495 e. The molecule has 2 rings (SSSR count). The minimum atomic E-state index is 0.261. The summed E-state index contributed by atoms with van der Waals surface area (Å²) >= 11 is 12.2. The zero-order valence-corrected chi connectivity index (χ0v) is 12.3. The Kier molecular flexibility index (Phi) is 4.17. The zero-order chi connectivity index (χ0) is 14.0. The Bertz CT molecular complexity index is 599. The average molecular weight is 302 g/mol. The van der Waals surface area contributed by atoms with Gasteiger partial charge in [0.25, 0.3) is 0 Å². The molecule has 102 valence electrons. The Morgan fingerprint density at radius 2 is 1.79 bits per heavy atom. The first kappa shape index (κ1) is 14.0. The molecular formula is C12H13Cl2N3O2. The molecule has 0 amide bonds. The van der Waals surface area contributed by atoms with Crippen LogP contribution in [0, 0.1) is 0 Å². The van der Waals surface area contributed by atoms with Gasteiger partial charge in [-0.05, 0) is 17.7 Å². The highest BCUT2D eigenvalue weighted by atomic mass is 35.5. The third-order valence-corrected chi connectivity index (χ3v) is 3.24. The molecule has 0 aliphatic rings. The maximum Gasteiger partial charge on any atom is 0.229 e. The van der Waals surface area contributed by atoms with Crippen molar-refractivity contribution in [3.05, 3.63) is 28.3 Å². The van der Waals surface area contributed by atoms with Crippen molar-refractivity contribution in [1.29, 1.82) is 0 Å². The van der Waals surface area contributed by atoms with Gasteiger partial charge < -0.3 is 9.47 Å². The van der Waals surface area contributed by atoms with E-state index in [4.69, 9.17) is 32.7 Å². The summed E-state index contributed by atoms with van der Waals surface area (Å²) in [5, 5.41) is 8.59. The van der Waals surface area contributed by atoms with Crippen LogP contribution in [0.25, 0.3) is 5.69 Å². The van der Waals surface area contributed by atoms with Crippen LogP contribution in [0.5, 0.6) is 11.5 Å². The molecule has 1 aromatic heterocycles. The van der Waals surface area contributed by atoms with Crippen molar-refractivity contribution in [3.63, 3.8) is 0 Å². The van der Waals surface area contributed by atoms with E-state index in [1.807, 2.05) is 6.92 Å². The fourth-order valence-electron chi connectivity index (χ4n) is 1.78. The molecule has 0 radical (unpaired) electrons. The summed E-state index contributed by atoms with van der Waals surface area (Å²) in [6.45, 7) is 1.97.